The van der Waals surface area contributed by atoms with Gasteiger partial charge in [0.05, 0.1) is 11.0 Å². The van der Waals surface area contributed by atoms with Gasteiger partial charge in [0, 0.05) is 52.4 Å². The average Bonchev–Trinajstić information content (AvgIpc) is 3.50. The molecule has 1 atom stereocenters. The van der Waals surface area contributed by atoms with E-state index in [0.29, 0.717) is 16.5 Å². The van der Waals surface area contributed by atoms with E-state index in [-0.39, 0.29) is 23.8 Å². The normalized spacial score (nSPS) is 14.9. The van der Waals surface area contributed by atoms with Gasteiger partial charge < -0.3 is 30.1 Å². The Hall–Kier alpha value is -4.86. The number of amides is 1. The molecule has 1 fully saturated rings. The number of phenolic OH excluding ortho intramolecular Hbond substituents is 1. The van der Waals surface area contributed by atoms with Crippen LogP contribution >= 0.6 is 0 Å². The molecule has 0 aliphatic heterocycles. The smallest absolute Gasteiger partial charge is 0.326 e. The summed E-state index contributed by atoms with van der Waals surface area (Å²) in [4.78, 5) is 48.0. The van der Waals surface area contributed by atoms with E-state index in [1.807, 2.05) is 13.0 Å². The zero-order valence-electron chi connectivity index (χ0n) is 22.6. The molecular weight excluding hydrogens is 522 g/mol. The van der Waals surface area contributed by atoms with Crippen LogP contribution in [0.15, 0.2) is 59.5 Å². The zero-order chi connectivity index (χ0) is 28.7. The summed E-state index contributed by atoms with van der Waals surface area (Å²) >= 11 is 0. The lowest BCUT2D eigenvalue weighted by Gasteiger charge is -2.25. The summed E-state index contributed by atoms with van der Waals surface area (Å²) in [6, 6.07) is 12.4. The number of nitrogens with one attached hydrogen (secondary N) is 3. The van der Waals surface area contributed by atoms with Gasteiger partial charge in [0.15, 0.2) is 0 Å². The third kappa shape index (κ3) is 5.08. The van der Waals surface area contributed by atoms with Crippen LogP contribution in [-0.2, 0) is 11.2 Å². The van der Waals surface area contributed by atoms with E-state index >= 15 is 0 Å². The van der Waals surface area contributed by atoms with Gasteiger partial charge in [-0.2, -0.15) is 0 Å². The summed E-state index contributed by atoms with van der Waals surface area (Å²) in [5.74, 6) is -0.870. The maximum absolute atomic E-state index is 13.3. The molecule has 10 heteroatoms. The van der Waals surface area contributed by atoms with Gasteiger partial charge in [0.2, 0.25) is 5.56 Å². The minimum absolute atomic E-state index is 0.0469. The fraction of sp³-hybridized carbons (Fsp3) is 0.290. The van der Waals surface area contributed by atoms with Gasteiger partial charge in [-0.3, -0.25) is 9.59 Å². The van der Waals surface area contributed by atoms with Gasteiger partial charge in [-0.15, -0.1) is 0 Å². The molecule has 2 aromatic carbocycles. The third-order valence-corrected chi connectivity index (χ3v) is 8.05. The van der Waals surface area contributed by atoms with E-state index in [4.69, 9.17) is 4.98 Å². The number of aromatic hydroxyl groups is 1. The van der Waals surface area contributed by atoms with Crippen molar-refractivity contribution in [1.82, 2.24) is 24.8 Å². The number of carboxylic acid groups (broad SMARTS) is 1. The number of benzene rings is 2. The van der Waals surface area contributed by atoms with Crippen LogP contribution in [0.3, 0.4) is 0 Å². The molecule has 5 N–H and O–H groups in total. The highest BCUT2D eigenvalue weighted by atomic mass is 16.4. The summed E-state index contributed by atoms with van der Waals surface area (Å²) < 4.78 is 2.21. The van der Waals surface area contributed by atoms with Crippen molar-refractivity contribution in [3.8, 4) is 17.1 Å². The van der Waals surface area contributed by atoms with Crippen LogP contribution in [0.1, 0.15) is 59.8 Å². The first kappa shape index (κ1) is 26.4. The number of nitrogens with zero attached hydrogens (tertiary/aromatic N) is 2. The first-order chi connectivity index (χ1) is 19.8. The monoisotopic (exact) mass is 553 g/mol. The maximum atomic E-state index is 13.3. The number of H-pyrrole nitrogens is 2. The number of pyridine rings is 1. The third-order valence-electron chi connectivity index (χ3n) is 8.05. The van der Waals surface area contributed by atoms with Crippen molar-refractivity contribution in [2.24, 2.45) is 0 Å². The Morgan fingerprint density at radius 3 is 2.63 bits per heavy atom. The number of fused-ring (bicyclic) bond motifs is 2. The number of aryl methyl sites for hydroxylation is 1. The zero-order valence-corrected chi connectivity index (χ0v) is 22.6. The van der Waals surface area contributed by atoms with E-state index in [0.717, 1.165) is 59.4 Å². The summed E-state index contributed by atoms with van der Waals surface area (Å²) in [5.41, 5.74) is 4.68. The van der Waals surface area contributed by atoms with E-state index in [2.05, 4.69) is 19.9 Å². The van der Waals surface area contributed by atoms with Crippen molar-refractivity contribution in [3.63, 3.8) is 0 Å². The molecule has 5 aromatic rings. The number of phenols is 1. The largest absolute Gasteiger partial charge is 0.508 e. The van der Waals surface area contributed by atoms with Gasteiger partial charge in [-0.1, -0.05) is 19.3 Å². The lowest BCUT2D eigenvalue weighted by atomic mass is 9.95. The van der Waals surface area contributed by atoms with Crippen LogP contribution in [0, 0.1) is 6.92 Å². The number of carbonyl (C=O) groups is 2. The molecule has 0 saturated heterocycles. The second-order valence-electron chi connectivity index (χ2n) is 10.8. The molecule has 210 valence electrons. The second-order valence-corrected chi connectivity index (χ2v) is 10.8. The summed E-state index contributed by atoms with van der Waals surface area (Å²) in [5, 5.41) is 23.3. The van der Waals surface area contributed by atoms with Crippen molar-refractivity contribution < 1.29 is 19.8 Å². The Morgan fingerprint density at radius 2 is 1.90 bits per heavy atom. The lowest BCUT2D eigenvalue weighted by molar-refractivity contribution is -0.139. The highest BCUT2D eigenvalue weighted by Crippen LogP contribution is 2.36. The molecule has 1 aliphatic rings. The fourth-order valence-corrected chi connectivity index (χ4v) is 5.98. The standard InChI is InChI=1S/C31H31N5O5/c1-17-22(23-14-21(37)9-10-24(23)33-17)15-26(31(40)41)35-30(39)18-7-11-27-25(13-18)34-29(19-8-12-28(38)32-16-19)36(27)20-5-3-2-4-6-20/h7-14,16,20,26,33,37H,2-6,15H2,1H3,(H,32,38)(H,35,39)(H,40,41)/t26-/m0/s1. The van der Waals surface area contributed by atoms with Crippen molar-refractivity contribution in [3.05, 3.63) is 81.9 Å². The molecule has 1 saturated carbocycles. The topological polar surface area (TPSA) is 153 Å². The molecule has 0 bridgehead atoms. The number of aromatic nitrogens is 4. The number of aromatic amines is 2. The van der Waals surface area contributed by atoms with Crippen molar-refractivity contribution in [2.45, 2.75) is 57.5 Å². The molecule has 10 nitrogen and oxygen atoms in total. The molecule has 3 aromatic heterocycles. The number of hydrogen-bond donors (Lipinski definition) is 5. The van der Waals surface area contributed by atoms with Gasteiger partial charge >= 0.3 is 5.97 Å². The number of hydrogen-bond acceptors (Lipinski definition) is 5. The SMILES string of the molecule is Cc1[nH]c2ccc(O)cc2c1C[C@H](NC(=O)c1ccc2c(c1)nc(-c1ccc(=O)[nH]c1)n2C1CCCCC1)C(=O)O. The molecular formula is C31H31N5O5. The average molecular weight is 554 g/mol. The number of rotatable bonds is 7. The molecule has 0 radical (unpaired) electrons. The van der Waals surface area contributed by atoms with Crippen LogP contribution in [0.5, 0.6) is 5.75 Å². The Labute approximate surface area is 235 Å². The highest BCUT2D eigenvalue weighted by molar-refractivity contribution is 6.00. The lowest BCUT2D eigenvalue weighted by Crippen LogP contribution is -2.42. The van der Waals surface area contributed by atoms with Crippen LogP contribution in [0.2, 0.25) is 0 Å². The highest BCUT2D eigenvalue weighted by Gasteiger charge is 2.26. The van der Waals surface area contributed by atoms with Crippen LogP contribution in [0.4, 0.5) is 0 Å². The van der Waals surface area contributed by atoms with Gasteiger partial charge in [-0.05, 0) is 67.8 Å². The van der Waals surface area contributed by atoms with E-state index in [1.54, 1.807) is 42.6 Å². The Bertz CT molecular complexity index is 1820. The van der Waals surface area contributed by atoms with Crippen molar-refractivity contribution in [2.75, 3.05) is 0 Å². The first-order valence-corrected chi connectivity index (χ1v) is 13.8. The first-order valence-electron chi connectivity index (χ1n) is 13.8. The van der Waals surface area contributed by atoms with Crippen LogP contribution in [-0.4, -0.2) is 47.7 Å². The number of carboxylic acids is 1. The molecule has 1 amide bonds. The molecule has 3 heterocycles. The molecule has 0 spiro atoms. The number of aliphatic carboxylic acids is 1. The maximum Gasteiger partial charge on any atom is 0.326 e. The van der Waals surface area contributed by atoms with Gasteiger partial charge in [0.1, 0.15) is 17.6 Å². The molecule has 1 aliphatic carbocycles. The summed E-state index contributed by atoms with van der Waals surface area (Å²) in [6.07, 6.45) is 7.20. The Balaban J connectivity index is 1.32. The molecule has 6 rings (SSSR count). The summed E-state index contributed by atoms with van der Waals surface area (Å²) in [6.45, 7) is 1.84. The van der Waals surface area contributed by atoms with E-state index in [9.17, 15) is 24.6 Å². The number of carbonyl (C=O) groups excluding carboxylic acids is 1. The quantitative estimate of drug-likeness (QED) is 0.195. The van der Waals surface area contributed by atoms with Crippen LogP contribution in [0.25, 0.3) is 33.3 Å². The second kappa shape index (κ2) is 10.6. The van der Waals surface area contributed by atoms with E-state index in [1.165, 1.54) is 12.5 Å². The van der Waals surface area contributed by atoms with Crippen LogP contribution < -0.4 is 10.9 Å². The number of imidazole rings is 1. The minimum Gasteiger partial charge on any atom is -0.508 e. The predicted molar refractivity (Wildman–Crippen MR) is 155 cm³/mol. The Kier molecular flexibility index (Phi) is 6.82. The Morgan fingerprint density at radius 1 is 1.10 bits per heavy atom. The predicted octanol–water partition coefficient (Wildman–Crippen LogP) is 4.82. The van der Waals surface area contributed by atoms with Crippen molar-refractivity contribution in [1.29, 1.82) is 0 Å². The molecule has 0 unspecified atom stereocenters. The van der Waals surface area contributed by atoms with Gasteiger partial charge in [-0.25, -0.2) is 9.78 Å². The fourth-order valence-electron chi connectivity index (χ4n) is 5.98. The van der Waals surface area contributed by atoms with E-state index < -0.39 is 17.9 Å². The molecule has 41 heavy (non-hydrogen) atoms. The minimum atomic E-state index is -1.19. The van der Waals surface area contributed by atoms with Crippen molar-refractivity contribution >= 4 is 33.8 Å². The summed E-state index contributed by atoms with van der Waals surface area (Å²) in [7, 11) is 0. The van der Waals surface area contributed by atoms with Gasteiger partial charge in [0.25, 0.3) is 5.91 Å².